The summed E-state index contributed by atoms with van der Waals surface area (Å²) in [6.45, 7) is 0. The zero-order valence-electron chi connectivity index (χ0n) is 16.7. The smallest absolute Gasteiger partial charge is 0.337 e. The topological polar surface area (TPSA) is 97.3 Å². The molecule has 0 aromatic heterocycles. The second-order valence-electron chi connectivity index (χ2n) is 6.39. The predicted octanol–water partition coefficient (Wildman–Crippen LogP) is 3.07. The van der Waals surface area contributed by atoms with Gasteiger partial charge < -0.3 is 14.8 Å². The van der Waals surface area contributed by atoms with Crippen molar-refractivity contribution in [1.29, 1.82) is 0 Å². The SMILES string of the molecule is COC(=O)c1ccc(N=C2S[C@H](C(=O)Nc3ccccc3OC)CC(=O)N2C)cc1. The number of nitrogens with zero attached hydrogens (tertiary/aromatic N) is 2. The van der Waals surface area contributed by atoms with Crippen LogP contribution in [0.4, 0.5) is 11.4 Å². The molecule has 2 aromatic rings. The number of carbonyl (C=O) groups is 3. The van der Waals surface area contributed by atoms with Crippen LogP contribution in [-0.4, -0.2) is 54.4 Å². The maximum atomic E-state index is 12.8. The molecular weight excluding hydrogens is 406 g/mol. The van der Waals surface area contributed by atoms with Crippen LogP contribution < -0.4 is 10.1 Å². The minimum Gasteiger partial charge on any atom is -0.495 e. The fraction of sp³-hybridized carbons (Fsp3) is 0.238. The van der Waals surface area contributed by atoms with Crippen LogP contribution in [0.3, 0.4) is 0 Å². The molecule has 156 valence electrons. The van der Waals surface area contributed by atoms with Crippen molar-refractivity contribution < 1.29 is 23.9 Å². The number of aliphatic imine (C=N–C) groups is 1. The Balaban J connectivity index is 1.78. The quantitative estimate of drug-likeness (QED) is 0.737. The Morgan fingerprint density at radius 3 is 2.50 bits per heavy atom. The van der Waals surface area contributed by atoms with Crippen molar-refractivity contribution in [3.05, 3.63) is 54.1 Å². The number of anilines is 1. The number of amides is 2. The van der Waals surface area contributed by atoms with Crippen LogP contribution >= 0.6 is 11.8 Å². The van der Waals surface area contributed by atoms with Crippen molar-refractivity contribution in [2.75, 3.05) is 26.6 Å². The highest BCUT2D eigenvalue weighted by atomic mass is 32.2. The Labute approximate surface area is 178 Å². The molecule has 30 heavy (non-hydrogen) atoms. The highest BCUT2D eigenvalue weighted by Gasteiger charge is 2.34. The molecule has 0 radical (unpaired) electrons. The molecule has 0 aliphatic carbocycles. The van der Waals surface area contributed by atoms with Gasteiger partial charge in [0.1, 0.15) is 11.0 Å². The lowest BCUT2D eigenvalue weighted by atomic mass is 10.2. The van der Waals surface area contributed by atoms with Gasteiger partial charge in [-0.3, -0.25) is 14.5 Å². The number of benzene rings is 2. The third-order valence-corrected chi connectivity index (χ3v) is 5.68. The zero-order valence-corrected chi connectivity index (χ0v) is 17.6. The van der Waals surface area contributed by atoms with Crippen molar-refractivity contribution in [3.8, 4) is 5.75 Å². The van der Waals surface area contributed by atoms with Crippen LogP contribution in [0.1, 0.15) is 16.8 Å². The van der Waals surface area contributed by atoms with E-state index in [0.717, 1.165) is 0 Å². The molecule has 1 aliphatic rings. The molecule has 1 saturated heterocycles. The molecule has 2 aromatic carbocycles. The molecule has 1 atom stereocenters. The third-order valence-electron chi connectivity index (χ3n) is 4.44. The van der Waals surface area contributed by atoms with Gasteiger partial charge in [0.15, 0.2) is 5.17 Å². The molecule has 0 spiro atoms. The lowest BCUT2D eigenvalue weighted by molar-refractivity contribution is -0.128. The number of thioether (sulfide) groups is 1. The van der Waals surface area contributed by atoms with E-state index < -0.39 is 11.2 Å². The Kier molecular flexibility index (Phi) is 6.73. The highest BCUT2D eigenvalue weighted by molar-refractivity contribution is 8.15. The fourth-order valence-corrected chi connectivity index (χ4v) is 3.82. The Hall–Kier alpha value is -3.33. The number of methoxy groups -OCH3 is 2. The minimum atomic E-state index is -0.633. The van der Waals surface area contributed by atoms with Gasteiger partial charge in [0.2, 0.25) is 11.8 Å². The molecule has 0 saturated carbocycles. The average molecular weight is 427 g/mol. The van der Waals surface area contributed by atoms with E-state index in [0.29, 0.717) is 27.9 Å². The number of hydrogen-bond donors (Lipinski definition) is 1. The standard InChI is InChI=1S/C21H21N3O5S/c1-24-18(25)12-17(19(26)23-15-6-4-5-7-16(15)28-2)30-21(24)22-14-10-8-13(9-11-14)20(27)29-3/h4-11,17H,12H2,1-3H3,(H,23,26)/t17-/m0/s1. The Morgan fingerprint density at radius 1 is 1.13 bits per heavy atom. The number of nitrogens with one attached hydrogen (secondary N) is 1. The summed E-state index contributed by atoms with van der Waals surface area (Å²) in [5.74, 6) is -0.421. The van der Waals surface area contributed by atoms with Gasteiger partial charge in [-0.25, -0.2) is 9.79 Å². The molecule has 2 amide bonds. The van der Waals surface area contributed by atoms with Gasteiger partial charge >= 0.3 is 5.97 Å². The van der Waals surface area contributed by atoms with Crippen LogP contribution in [-0.2, 0) is 14.3 Å². The van der Waals surface area contributed by atoms with Crippen molar-refractivity contribution in [2.24, 2.45) is 4.99 Å². The van der Waals surface area contributed by atoms with Crippen LogP contribution in [0, 0.1) is 0 Å². The number of para-hydroxylation sites is 2. The van der Waals surface area contributed by atoms with Crippen molar-refractivity contribution in [2.45, 2.75) is 11.7 Å². The second-order valence-corrected chi connectivity index (χ2v) is 7.56. The molecule has 1 heterocycles. The Morgan fingerprint density at radius 2 is 1.83 bits per heavy atom. The van der Waals surface area contributed by atoms with Crippen molar-refractivity contribution in [3.63, 3.8) is 0 Å². The summed E-state index contributed by atoms with van der Waals surface area (Å²) in [5.41, 5.74) is 1.49. The fourth-order valence-electron chi connectivity index (χ4n) is 2.76. The number of esters is 1. The molecule has 9 heteroatoms. The summed E-state index contributed by atoms with van der Waals surface area (Å²) in [6, 6.07) is 13.5. The van der Waals surface area contributed by atoms with Crippen LogP contribution in [0.5, 0.6) is 5.75 Å². The zero-order chi connectivity index (χ0) is 21.7. The van der Waals surface area contributed by atoms with E-state index in [1.54, 1.807) is 55.6 Å². The van der Waals surface area contributed by atoms with Crippen LogP contribution in [0.25, 0.3) is 0 Å². The first-order valence-corrected chi connectivity index (χ1v) is 9.95. The molecule has 0 bridgehead atoms. The molecule has 1 aliphatic heterocycles. The maximum Gasteiger partial charge on any atom is 0.337 e. The van der Waals surface area contributed by atoms with Gasteiger partial charge in [0.25, 0.3) is 0 Å². The van der Waals surface area contributed by atoms with Gasteiger partial charge in [-0.1, -0.05) is 23.9 Å². The molecule has 3 rings (SSSR count). The first kappa shape index (κ1) is 21.4. The number of amidine groups is 1. The van der Waals surface area contributed by atoms with E-state index in [-0.39, 0.29) is 18.2 Å². The second kappa shape index (κ2) is 9.45. The van der Waals surface area contributed by atoms with Crippen molar-refractivity contribution in [1.82, 2.24) is 4.90 Å². The highest BCUT2D eigenvalue weighted by Crippen LogP contribution is 2.30. The van der Waals surface area contributed by atoms with Crippen LogP contribution in [0.2, 0.25) is 0 Å². The van der Waals surface area contributed by atoms with Crippen molar-refractivity contribution >= 4 is 46.1 Å². The lowest BCUT2D eigenvalue weighted by Crippen LogP contribution is -2.43. The van der Waals surface area contributed by atoms with Crippen LogP contribution in [0.15, 0.2) is 53.5 Å². The predicted molar refractivity (Wildman–Crippen MR) is 115 cm³/mol. The normalized spacial score (nSPS) is 17.6. The third kappa shape index (κ3) is 4.80. The number of rotatable bonds is 5. The van der Waals surface area contributed by atoms with Gasteiger partial charge in [0, 0.05) is 13.5 Å². The lowest BCUT2D eigenvalue weighted by Gasteiger charge is -2.29. The van der Waals surface area contributed by atoms with E-state index >= 15 is 0 Å². The van der Waals surface area contributed by atoms with Gasteiger partial charge in [-0.05, 0) is 36.4 Å². The molecule has 8 nitrogen and oxygen atoms in total. The average Bonchev–Trinajstić information content (AvgIpc) is 2.77. The molecular formula is C21H21N3O5S. The Bertz CT molecular complexity index is 990. The van der Waals surface area contributed by atoms with Gasteiger partial charge in [-0.2, -0.15) is 0 Å². The van der Waals surface area contributed by atoms with Gasteiger partial charge in [-0.15, -0.1) is 0 Å². The first-order chi connectivity index (χ1) is 14.4. The summed E-state index contributed by atoms with van der Waals surface area (Å²) < 4.78 is 9.93. The van der Waals surface area contributed by atoms with E-state index in [1.807, 2.05) is 0 Å². The number of carbonyl (C=O) groups excluding carboxylic acids is 3. The summed E-state index contributed by atoms with van der Waals surface area (Å²) in [7, 11) is 4.45. The maximum absolute atomic E-state index is 12.8. The van der Waals surface area contributed by atoms with E-state index in [9.17, 15) is 14.4 Å². The first-order valence-electron chi connectivity index (χ1n) is 9.07. The van der Waals surface area contributed by atoms with E-state index in [4.69, 9.17) is 4.74 Å². The number of ether oxygens (including phenoxy) is 2. The molecule has 0 unspecified atom stereocenters. The van der Waals surface area contributed by atoms with Gasteiger partial charge in [0.05, 0.1) is 31.2 Å². The largest absolute Gasteiger partial charge is 0.495 e. The summed E-state index contributed by atoms with van der Waals surface area (Å²) in [4.78, 5) is 42.7. The summed E-state index contributed by atoms with van der Waals surface area (Å²) in [6.07, 6.45) is 0.0580. The number of hydrogen-bond acceptors (Lipinski definition) is 7. The molecule has 1 N–H and O–H groups in total. The summed E-state index contributed by atoms with van der Waals surface area (Å²) >= 11 is 1.20. The van der Waals surface area contributed by atoms with E-state index in [2.05, 4.69) is 15.0 Å². The molecule has 1 fully saturated rings. The summed E-state index contributed by atoms with van der Waals surface area (Å²) in [5, 5.41) is 2.58. The minimum absolute atomic E-state index is 0.0580. The monoisotopic (exact) mass is 427 g/mol. The van der Waals surface area contributed by atoms with E-state index in [1.165, 1.54) is 30.9 Å².